The molecule has 0 aliphatic carbocycles. The number of ether oxygens (including phenoxy) is 1. The van der Waals surface area contributed by atoms with Crippen LogP contribution in [0.25, 0.3) is 0 Å². The SMILES string of the molecule is COc1ccc(C(=O)N(C)C)cc1S(=O)[O-].[Na+]. The number of amides is 1. The van der Waals surface area contributed by atoms with Gasteiger partial charge in [-0.15, -0.1) is 0 Å². The summed E-state index contributed by atoms with van der Waals surface area (Å²) in [5.74, 6) is -0.0296. The third-order valence-corrected chi connectivity index (χ3v) is 2.67. The van der Waals surface area contributed by atoms with E-state index < -0.39 is 11.1 Å². The van der Waals surface area contributed by atoms with Gasteiger partial charge in [0, 0.05) is 19.7 Å². The fourth-order valence-electron chi connectivity index (χ4n) is 1.20. The van der Waals surface area contributed by atoms with Gasteiger partial charge in [0.05, 0.1) is 12.0 Å². The van der Waals surface area contributed by atoms with Crippen molar-refractivity contribution in [3.05, 3.63) is 23.8 Å². The first-order valence-corrected chi connectivity index (χ1v) is 5.53. The number of hydrogen-bond acceptors (Lipinski definition) is 4. The Kier molecular flexibility index (Phi) is 6.96. The molecule has 1 amide bonds. The Balaban J connectivity index is 0.00000256. The number of carbonyl (C=O) groups excluding carboxylic acids is 1. The molecule has 0 radical (unpaired) electrons. The number of benzene rings is 1. The van der Waals surface area contributed by atoms with Crippen LogP contribution in [0.5, 0.6) is 5.75 Å². The largest absolute Gasteiger partial charge is 1.00 e. The Labute approximate surface area is 125 Å². The zero-order chi connectivity index (χ0) is 12.3. The van der Waals surface area contributed by atoms with Crippen LogP contribution in [0.15, 0.2) is 23.1 Å². The maximum atomic E-state index is 11.6. The van der Waals surface area contributed by atoms with Crippen molar-refractivity contribution in [3.8, 4) is 5.75 Å². The van der Waals surface area contributed by atoms with E-state index in [0.717, 1.165) is 0 Å². The van der Waals surface area contributed by atoms with Gasteiger partial charge in [-0.3, -0.25) is 9.00 Å². The third-order valence-electron chi connectivity index (χ3n) is 2.00. The normalized spacial score (nSPS) is 11.3. The molecule has 1 atom stereocenters. The van der Waals surface area contributed by atoms with Crippen LogP contribution < -0.4 is 34.3 Å². The van der Waals surface area contributed by atoms with E-state index >= 15 is 0 Å². The molecule has 0 aromatic heterocycles. The molecule has 0 aliphatic rings. The van der Waals surface area contributed by atoms with Gasteiger partial charge in [-0.2, -0.15) is 0 Å². The van der Waals surface area contributed by atoms with Crippen LogP contribution in [-0.2, 0) is 11.1 Å². The van der Waals surface area contributed by atoms with Gasteiger partial charge in [0.1, 0.15) is 5.75 Å². The first kappa shape index (κ1) is 16.6. The van der Waals surface area contributed by atoms with Crippen LogP contribution in [0.3, 0.4) is 0 Å². The summed E-state index contributed by atoms with van der Waals surface area (Å²) in [5.41, 5.74) is 0.310. The quantitative estimate of drug-likeness (QED) is 0.453. The van der Waals surface area contributed by atoms with Gasteiger partial charge >= 0.3 is 29.6 Å². The van der Waals surface area contributed by atoms with Crippen molar-refractivity contribution in [2.75, 3.05) is 21.2 Å². The van der Waals surface area contributed by atoms with Gasteiger partial charge in [0.15, 0.2) is 0 Å². The maximum absolute atomic E-state index is 11.6. The number of carbonyl (C=O) groups is 1. The molecule has 0 saturated heterocycles. The molecule has 1 unspecified atom stereocenters. The second-order valence-corrected chi connectivity index (χ2v) is 4.21. The van der Waals surface area contributed by atoms with E-state index in [1.54, 1.807) is 14.1 Å². The molecule has 0 fully saturated rings. The zero-order valence-electron chi connectivity index (χ0n) is 10.2. The van der Waals surface area contributed by atoms with Gasteiger partial charge in [-0.25, -0.2) is 0 Å². The molecule has 88 valence electrons. The average molecular weight is 265 g/mol. The second-order valence-electron chi connectivity index (χ2n) is 3.30. The summed E-state index contributed by atoms with van der Waals surface area (Å²) < 4.78 is 26.7. The van der Waals surface area contributed by atoms with Crippen LogP contribution in [0.1, 0.15) is 10.4 Å². The molecule has 1 rings (SSSR count). The van der Waals surface area contributed by atoms with Crippen molar-refractivity contribution in [1.29, 1.82) is 0 Å². The van der Waals surface area contributed by atoms with Crippen LogP contribution in [0.2, 0.25) is 0 Å². The third kappa shape index (κ3) is 4.08. The summed E-state index contributed by atoms with van der Waals surface area (Å²) in [7, 11) is 4.57. The Morgan fingerprint density at radius 2 is 2.00 bits per heavy atom. The number of hydrogen-bond donors (Lipinski definition) is 0. The van der Waals surface area contributed by atoms with Gasteiger partial charge < -0.3 is 14.2 Å². The minimum Gasteiger partial charge on any atom is -0.768 e. The molecule has 0 heterocycles. The van der Waals surface area contributed by atoms with Gasteiger partial charge in [0.2, 0.25) is 0 Å². The Morgan fingerprint density at radius 3 is 2.41 bits per heavy atom. The fraction of sp³-hybridized carbons (Fsp3) is 0.300. The van der Waals surface area contributed by atoms with Crippen LogP contribution in [0.4, 0.5) is 0 Å². The molecule has 0 bridgehead atoms. The fourth-order valence-corrected chi connectivity index (χ4v) is 1.74. The molecule has 7 heteroatoms. The Bertz CT molecular complexity index is 436. The molecular weight excluding hydrogens is 253 g/mol. The van der Waals surface area contributed by atoms with Crippen molar-refractivity contribution in [1.82, 2.24) is 4.90 Å². The van der Waals surface area contributed by atoms with Crippen molar-refractivity contribution in [2.24, 2.45) is 0 Å². The van der Waals surface area contributed by atoms with Crippen molar-refractivity contribution >= 4 is 17.0 Å². The molecule has 5 nitrogen and oxygen atoms in total. The monoisotopic (exact) mass is 265 g/mol. The van der Waals surface area contributed by atoms with Crippen molar-refractivity contribution in [3.63, 3.8) is 0 Å². The summed E-state index contributed by atoms with van der Waals surface area (Å²) in [6.45, 7) is 0. The summed E-state index contributed by atoms with van der Waals surface area (Å²) in [6, 6.07) is 4.28. The van der Waals surface area contributed by atoms with Crippen LogP contribution >= 0.6 is 0 Å². The van der Waals surface area contributed by atoms with Crippen molar-refractivity contribution < 1.29 is 47.9 Å². The molecule has 0 N–H and O–H groups in total. The first-order valence-electron chi connectivity index (χ1n) is 4.46. The molecular formula is C10H12NNaO4S. The predicted octanol–water partition coefficient (Wildman–Crippen LogP) is -2.36. The topological polar surface area (TPSA) is 69.7 Å². The van der Waals surface area contributed by atoms with E-state index in [4.69, 9.17) is 4.74 Å². The number of methoxy groups -OCH3 is 1. The second kappa shape index (κ2) is 7.13. The molecule has 1 aromatic carbocycles. The van der Waals surface area contributed by atoms with E-state index in [1.807, 2.05) is 0 Å². The molecule has 0 saturated carbocycles. The summed E-state index contributed by atoms with van der Waals surface area (Å²) >= 11 is -2.43. The smallest absolute Gasteiger partial charge is 0.768 e. The summed E-state index contributed by atoms with van der Waals surface area (Å²) in [4.78, 5) is 13.0. The van der Waals surface area contributed by atoms with Crippen LogP contribution in [0, 0.1) is 0 Å². The molecule has 0 spiro atoms. The van der Waals surface area contributed by atoms with E-state index in [2.05, 4.69) is 0 Å². The summed E-state index contributed by atoms with van der Waals surface area (Å²) in [5, 5.41) is 0. The first-order chi connectivity index (χ1) is 7.47. The Morgan fingerprint density at radius 1 is 1.41 bits per heavy atom. The van der Waals surface area contributed by atoms with Gasteiger partial charge in [-0.05, 0) is 29.3 Å². The molecule has 1 aromatic rings. The number of nitrogens with zero attached hydrogens (tertiary/aromatic N) is 1. The Hall–Kier alpha value is -0.400. The molecule has 0 aliphatic heterocycles. The zero-order valence-corrected chi connectivity index (χ0v) is 13.0. The van der Waals surface area contributed by atoms with Crippen molar-refractivity contribution in [2.45, 2.75) is 4.90 Å². The van der Waals surface area contributed by atoms with Gasteiger partial charge in [0.25, 0.3) is 5.91 Å². The van der Waals surface area contributed by atoms with E-state index in [-0.39, 0.29) is 46.1 Å². The predicted molar refractivity (Wildman–Crippen MR) is 58.2 cm³/mol. The van der Waals surface area contributed by atoms with E-state index in [9.17, 15) is 13.6 Å². The van der Waals surface area contributed by atoms with E-state index in [1.165, 1.54) is 30.2 Å². The average Bonchev–Trinajstić information content (AvgIpc) is 2.26. The van der Waals surface area contributed by atoms with E-state index in [0.29, 0.717) is 5.56 Å². The van der Waals surface area contributed by atoms with Crippen LogP contribution in [-0.4, -0.2) is 40.8 Å². The number of rotatable bonds is 3. The summed E-state index contributed by atoms with van der Waals surface area (Å²) in [6.07, 6.45) is 0. The molecule has 17 heavy (non-hydrogen) atoms. The maximum Gasteiger partial charge on any atom is 1.00 e. The van der Waals surface area contributed by atoms with Gasteiger partial charge in [-0.1, -0.05) is 0 Å². The standard InChI is InChI=1S/C10H13NO4S.Na/c1-11(2)10(12)7-4-5-8(15-3)9(6-7)16(13)14;/h4-6H,1-3H3,(H,13,14);/q;+1/p-1. The minimum absolute atomic E-state index is 0. The minimum atomic E-state index is -2.43.